The van der Waals surface area contributed by atoms with Crippen molar-refractivity contribution in [1.82, 2.24) is 30.4 Å². The Kier molecular flexibility index (Phi) is 12.0. The van der Waals surface area contributed by atoms with Crippen molar-refractivity contribution in [3.8, 4) is 11.4 Å². The molecule has 0 spiro atoms. The molecular formula is C42H51FN6. The fraction of sp³-hybridized carbons (Fsp3) is 0.333. The molecule has 3 aromatic heterocycles. The molecular weight excluding hydrogens is 608 g/mol. The van der Waals surface area contributed by atoms with E-state index in [-0.39, 0.29) is 5.82 Å². The van der Waals surface area contributed by atoms with Crippen LogP contribution in [-0.2, 0) is 6.42 Å². The van der Waals surface area contributed by atoms with Crippen LogP contribution in [0.4, 0.5) is 4.39 Å². The Morgan fingerprint density at radius 3 is 2.59 bits per heavy atom. The van der Waals surface area contributed by atoms with Crippen molar-refractivity contribution in [3.63, 3.8) is 0 Å². The number of aromatic amines is 2. The van der Waals surface area contributed by atoms with E-state index < -0.39 is 0 Å². The molecule has 4 aromatic rings. The second-order valence-electron chi connectivity index (χ2n) is 13.5. The minimum atomic E-state index is -0.240. The van der Waals surface area contributed by atoms with Gasteiger partial charge in [-0.05, 0) is 118 Å². The van der Waals surface area contributed by atoms with Gasteiger partial charge in [-0.3, -0.25) is 5.10 Å². The van der Waals surface area contributed by atoms with Crippen LogP contribution in [0.25, 0.3) is 33.6 Å². The molecule has 1 aliphatic rings. The zero-order chi connectivity index (χ0) is 34.9. The Balaban J connectivity index is 1.42. The number of hydrogen-bond donors (Lipinski definition) is 3. The number of benzene rings is 1. The average molecular weight is 659 g/mol. The van der Waals surface area contributed by atoms with Crippen molar-refractivity contribution in [2.45, 2.75) is 65.2 Å². The minimum absolute atomic E-state index is 0.240. The van der Waals surface area contributed by atoms with Gasteiger partial charge in [0.05, 0.1) is 11.4 Å². The lowest BCUT2D eigenvalue weighted by Crippen LogP contribution is -2.15. The first-order valence-electron chi connectivity index (χ1n) is 17.5. The normalized spacial score (nSPS) is 14.9. The SMILES string of the molecule is C=C/C=C(/c1cc(F)cc(CCCN(C)C)c1)c1cc(-c2[nH]nc3ncc(C(/C=C(\C=C)NC(=C)CC4CCCCC4)=C/C)cc23)[nH]c1C. The number of nitrogens with zero attached hydrogens (tertiary/aromatic N) is 3. The van der Waals surface area contributed by atoms with Crippen molar-refractivity contribution in [2.75, 3.05) is 20.6 Å². The van der Waals surface area contributed by atoms with Crippen molar-refractivity contribution in [3.05, 3.63) is 132 Å². The number of halogens is 1. The quantitative estimate of drug-likeness (QED) is 0.111. The summed E-state index contributed by atoms with van der Waals surface area (Å²) in [5.41, 5.74) is 10.9. The molecule has 7 heteroatoms. The number of rotatable bonds is 15. The van der Waals surface area contributed by atoms with Crippen LogP contribution in [0.5, 0.6) is 0 Å². The molecule has 0 aliphatic heterocycles. The molecule has 5 rings (SSSR count). The Hall–Kier alpha value is -4.75. The summed E-state index contributed by atoms with van der Waals surface area (Å²) in [6.07, 6.45) is 20.9. The molecule has 49 heavy (non-hydrogen) atoms. The Morgan fingerprint density at radius 1 is 1.08 bits per heavy atom. The van der Waals surface area contributed by atoms with E-state index in [0.29, 0.717) is 11.6 Å². The number of aromatic nitrogens is 4. The van der Waals surface area contributed by atoms with Crippen molar-refractivity contribution in [1.29, 1.82) is 0 Å². The number of fused-ring (bicyclic) bond motifs is 1. The summed E-state index contributed by atoms with van der Waals surface area (Å²) in [4.78, 5) is 10.4. The van der Waals surface area contributed by atoms with Crippen molar-refractivity contribution < 1.29 is 4.39 Å². The van der Waals surface area contributed by atoms with Gasteiger partial charge in [-0.15, -0.1) is 0 Å². The summed E-state index contributed by atoms with van der Waals surface area (Å²) in [6, 6.07) is 9.54. The van der Waals surface area contributed by atoms with E-state index in [1.165, 1.54) is 32.1 Å². The largest absolute Gasteiger partial charge is 0.359 e. The highest BCUT2D eigenvalue weighted by Gasteiger charge is 2.18. The number of hydrogen-bond acceptors (Lipinski definition) is 4. The van der Waals surface area contributed by atoms with Gasteiger partial charge in [-0.2, -0.15) is 5.10 Å². The number of nitrogens with one attached hydrogen (secondary N) is 3. The van der Waals surface area contributed by atoms with Crippen LogP contribution < -0.4 is 5.32 Å². The highest BCUT2D eigenvalue weighted by atomic mass is 19.1. The van der Waals surface area contributed by atoms with Gasteiger partial charge < -0.3 is 15.2 Å². The maximum absolute atomic E-state index is 14.9. The maximum atomic E-state index is 14.9. The summed E-state index contributed by atoms with van der Waals surface area (Å²) in [7, 11) is 4.11. The second kappa shape index (κ2) is 16.6. The molecule has 1 fully saturated rings. The van der Waals surface area contributed by atoms with E-state index >= 15 is 0 Å². The Labute approximate surface area is 291 Å². The molecule has 1 saturated carbocycles. The smallest absolute Gasteiger partial charge is 0.181 e. The molecule has 3 N–H and O–H groups in total. The fourth-order valence-corrected chi connectivity index (χ4v) is 6.89. The highest BCUT2D eigenvalue weighted by molar-refractivity contribution is 5.94. The molecule has 1 aliphatic carbocycles. The van der Waals surface area contributed by atoms with Crippen molar-refractivity contribution in [2.24, 2.45) is 5.92 Å². The molecule has 0 unspecified atom stereocenters. The molecule has 0 saturated heterocycles. The van der Waals surface area contributed by atoms with Crippen LogP contribution >= 0.6 is 0 Å². The molecule has 6 nitrogen and oxygen atoms in total. The first-order chi connectivity index (χ1) is 23.7. The second-order valence-corrected chi connectivity index (χ2v) is 13.5. The van der Waals surface area contributed by atoms with Crippen molar-refractivity contribution >= 4 is 22.2 Å². The summed E-state index contributed by atoms with van der Waals surface area (Å²) >= 11 is 0. The lowest BCUT2D eigenvalue weighted by molar-refractivity contribution is 0.353. The zero-order valence-corrected chi connectivity index (χ0v) is 29.6. The van der Waals surface area contributed by atoms with Gasteiger partial charge in [0, 0.05) is 39.8 Å². The van der Waals surface area contributed by atoms with E-state index in [1.54, 1.807) is 18.2 Å². The van der Waals surface area contributed by atoms with Crippen LogP contribution in [0.15, 0.2) is 98.0 Å². The van der Waals surface area contributed by atoms with Gasteiger partial charge in [-0.25, -0.2) is 9.37 Å². The van der Waals surface area contributed by atoms with Crippen LogP contribution in [0.2, 0.25) is 0 Å². The summed E-state index contributed by atoms with van der Waals surface area (Å²) in [5.74, 6) is 0.466. The molecule has 1 aromatic carbocycles. The first-order valence-corrected chi connectivity index (χ1v) is 17.5. The first kappa shape index (κ1) is 35.6. The van der Waals surface area contributed by atoms with E-state index in [4.69, 9.17) is 4.98 Å². The van der Waals surface area contributed by atoms with E-state index in [0.717, 1.165) is 93.1 Å². The number of pyridine rings is 1. The third kappa shape index (κ3) is 9.04. The molecule has 3 heterocycles. The Bertz CT molecular complexity index is 1890. The Morgan fingerprint density at radius 2 is 1.88 bits per heavy atom. The average Bonchev–Trinajstić information content (AvgIpc) is 3.68. The number of allylic oxidation sites excluding steroid dienone is 7. The van der Waals surface area contributed by atoms with E-state index in [9.17, 15) is 4.39 Å². The fourth-order valence-electron chi connectivity index (χ4n) is 6.89. The maximum Gasteiger partial charge on any atom is 0.181 e. The predicted molar refractivity (Wildman–Crippen MR) is 204 cm³/mol. The van der Waals surface area contributed by atoms with Gasteiger partial charge in [0.1, 0.15) is 5.82 Å². The summed E-state index contributed by atoms with van der Waals surface area (Å²) in [6.45, 7) is 17.3. The van der Waals surface area contributed by atoms with Gasteiger partial charge >= 0.3 is 0 Å². The summed E-state index contributed by atoms with van der Waals surface area (Å²) in [5, 5.41) is 12.1. The molecule has 0 atom stereocenters. The predicted octanol–water partition coefficient (Wildman–Crippen LogP) is 10.1. The van der Waals surface area contributed by atoms with Crippen LogP contribution in [0.1, 0.15) is 79.8 Å². The molecule has 0 amide bonds. The minimum Gasteiger partial charge on any atom is -0.359 e. The number of aryl methyl sites for hydroxylation is 2. The summed E-state index contributed by atoms with van der Waals surface area (Å²) < 4.78 is 14.9. The zero-order valence-electron chi connectivity index (χ0n) is 29.6. The lowest BCUT2D eigenvalue weighted by atomic mass is 9.86. The number of H-pyrrole nitrogens is 2. The van der Waals surface area contributed by atoms with Gasteiger partial charge in [0.15, 0.2) is 5.65 Å². The molecule has 0 radical (unpaired) electrons. The third-order valence-electron chi connectivity index (χ3n) is 9.36. The van der Waals surface area contributed by atoms with Gasteiger partial charge in [-0.1, -0.05) is 76.1 Å². The van der Waals surface area contributed by atoms with Crippen LogP contribution in [0, 0.1) is 18.7 Å². The molecule has 0 bridgehead atoms. The third-order valence-corrected chi connectivity index (χ3v) is 9.36. The highest BCUT2D eigenvalue weighted by Crippen LogP contribution is 2.34. The van der Waals surface area contributed by atoms with Crippen LogP contribution in [-0.4, -0.2) is 45.7 Å². The van der Waals surface area contributed by atoms with Crippen LogP contribution in [0.3, 0.4) is 0 Å². The topological polar surface area (TPSA) is 72.6 Å². The van der Waals surface area contributed by atoms with Gasteiger partial charge in [0.2, 0.25) is 0 Å². The molecule has 256 valence electrons. The van der Waals surface area contributed by atoms with E-state index in [2.05, 4.69) is 89.6 Å². The van der Waals surface area contributed by atoms with Gasteiger partial charge in [0.25, 0.3) is 0 Å². The standard InChI is InChI=1S/C42H51FN6/c1-8-15-37(33-21-31(22-35(43)23-33)18-14-19-49(6)7)38-26-40(46-29(38)5)41-39-25-34(27-44-42(39)48-47-41)32(9-2)24-36(10-3)45-28(4)20-30-16-12-11-13-17-30/h8-10,15,21-27,30,45-46H,1,3-4,11-14,16-20H2,2,5-7H3,(H,44,47,48)/b32-9+,36-24+,37-15-. The van der Waals surface area contributed by atoms with E-state index in [1.807, 2.05) is 32.2 Å². The lowest BCUT2D eigenvalue weighted by Gasteiger charge is -2.23. The monoisotopic (exact) mass is 658 g/mol.